The number of carbonyl (C=O) groups excluding carboxylic acids is 1. The van der Waals surface area contributed by atoms with E-state index in [9.17, 15) is 4.79 Å². The van der Waals surface area contributed by atoms with Crippen LogP contribution in [-0.4, -0.2) is 28.0 Å². The fourth-order valence-corrected chi connectivity index (χ4v) is 2.89. The van der Waals surface area contributed by atoms with Crippen LogP contribution in [0, 0.1) is 6.92 Å². The minimum Gasteiger partial charge on any atom is -0.496 e. The number of ether oxygens (including phenoxy) is 1. The fourth-order valence-electron chi connectivity index (χ4n) is 2.89. The molecule has 0 bridgehead atoms. The topological polar surface area (TPSA) is 102 Å². The number of para-hydroxylation sites is 3. The number of nitrogens with one attached hydrogen (secondary N) is 2. The molecule has 4 rings (SSSR count). The molecule has 2 aromatic heterocycles. The number of aromatic nitrogens is 3. The van der Waals surface area contributed by atoms with E-state index < -0.39 is 0 Å². The lowest BCUT2D eigenvalue weighted by atomic mass is 10.2. The van der Waals surface area contributed by atoms with E-state index in [0.717, 1.165) is 16.8 Å². The molecule has 8 heteroatoms. The Hall–Kier alpha value is -3.94. The predicted molar refractivity (Wildman–Crippen MR) is 108 cm³/mol. The van der Waals surface area contributed by atoms with Crippen LogP contribution in [0.2, 0.25) is 0 Å². The first-order chi connectivity index (χ1) is 14.1. The highest BCUT2D eigenvalue weighted by Gasteiger charge is 2.14. The summed E-state index contributed by atoms with van der Waals surface area (Å²) in [7, 11) is 1.60. The first kappa shape index (κ1) is 18.4. The van der Waals surface area contributed by atoms with Gasteiger partial charge in [-0.25, -0.2) is 9.97 Å². The minimum atomic E-state index is -0.262. The van der Waals surface area contributed by atoms with Gasteiger partial charge >= 0.3 is 6.01 Å². The average Bonchev–Trinajstić information content (AvgIpc) is 3.14. The summed E-state index contributed by atoms with van der Waals surface area (Å²) in [5, 5.41) is 5.79. The van der Waals surface area contributed by atoms with Gasteiger partial charge < -0.3 is 14.5 Å². The molecule has 4 aromatic rings. The predicted octanol–water partition coefficient (Wildman–Crippen LogP) is 3.61. The number of anilines is 2. The van der Waals surface area contributed by atoms with Crippen molar-refractivity contribution in [3.8, 4) is 5.75 Å². The zero-order valence-corrected chi connectivity index (χ0v) is 16.0. The molecule has 0 aliphatic carbocycles. The molecule has 0 saturated heterocycles. The number of nitrogens with zero attached hydrogens (tertiary/aromatic N) is 3. The van der Waals surface area contributed by atoms with Crippen molar-refractivity contribution in [3.05, 3.63) is 71.5 Å². The normalized spacial score (nSPS) is 10.7. The number of fused-ring (bicyclic) bond motifs is 1. The largest absolute Gasteiger partial charge is 0.496 e. The number of oxazole rings is 1. The molecule has 1 amide bonds. The van der Waals surface area contributed by atoms with Crippen molar-refractivity contribution < 1.29 is 13.9 Å². The van der Waals surface area contributed by atoms with Crippen LogP contribution in [0.3, 0.4) is 0 Å². The summed E-state index contributed by atoms with van der Waals surface area (Å²) in [6, 6.07) is 15.2. The van der Waals surface area contributed by atoms with E-state index in [1.165, 1.54) is 6.20 Å². The SMILES string of the molecule is COc1ccccc1CNC(=O)c1cnc(Nc2nc3ccccc3o2)nc1C. The van der Waals surface area contributed by atoms with Gasteiger partial charge in [0.1, 0.15) is 11.3 Å². The zero-order valence-electron chi connectivity index (χ0n) is 16.0. The van der Waals surface area contributed by atoms with Gasteiger partial charge in [-0.2, -0.15) is 4.98 Å². The number of aryl methyl sites for hydroxylation is 1. The van der Waals surface area contributed by atoms with Crippen molar-refractivity contribution in [2.75, 3.05) is 12.4 Å². The molecule has 2 heterocycles. The van der Waals surface area contributed by atoms with E-state index in [2.05, 4.69) is 25.6 Å². The summed E-state index contributed by atoms with van der Waals surface area (Å²) in [5.41, 5.74) is 3.22. The second kappa shape index (κ2) is 7.97. The summed E-state index contributed by atoms with van der Waals surface area (Å²) in [4.78, 5) is 25.4. The molecule has 2 N–H and O–H groups in total. The molecular weight excluding hydrogens is 370 g/mol. The number of benzene rings is 2. The molecule has 0 fully saturated rings. The Kier molecular flexibility index (Phi) is 5.07. The summed E-state index contributed by atoms with van der Waals surface area (Å²) < 4.78 is 10.9. The van der Waals surface area contributed by atoms with Crippen LogP contribution in [0.5, 0.6) is 5.75 Å². The molecule has 0 aliphatic heterocycles. The minimum absolute atomic E-state index is 0.262. The Balaban J connectivity index is 1.45. The number of methoxy groups -OCH3 is 1. The second-order valence-corrected chi connectivity index (χ2v) is 6.30. The molecule has 0 atom stereocenters. The van der Waals surface area contributed by atoms with Crippen LogP contribution in [-0.2, 0) is 6.54 Å². The average molecular weight is 389 g/mol. The maximum absolute atomic E-state index is 12.5. The van der Waals surface area contributed by atoms with Crippen molar-refractivity contribution in [3.63, 3.8) is 0 Å². The number of hydrogen-bond donors (Lipinski definition) is 2. The summed E-state index contributed by atoms with van der Waals surface area (Å²) in [5.74, 6) is 0.760. The third-order valence-electron chi connectivity index (χ3n) is 4.37. The van der Waals surface area contributed by atoms with Crippen molar-refractivity contribution >= 4 is 29.0 Å². The van der Waals surface area contributed by atoms with Crippen LogP contribution >= 0.6 is 0 Å². The van der Waals surface area contributed by atoms with E-state index in [1.807, 2.05) is 48.5 Å². The molecule has 8 nitrogen and oxygen atoms in total. The van der Waals surface area contributed by atoms with Crippen LogP contribution in [0.1, 0.15) is 21.6 Å². The fraction of sp³-hybridized carbons (Fsp3) is 0.143. The quantitative estimate of drug-likeness (QED) is 0.519. The third-order valence-corrected chi connectivity index (χ3v) is 4.37. The number of hydrogen-bond acceptors (Lipinski definition) is 7. The van der Waals surface area contributed by atoms with Gasteiger partial charge in [0, 0.05) is 18.3 Å². The van der Waals surface area contributed by atoms with Gasteiger partial charge in [-0.05, 0) is 25.1 Å². The molecule has 0 saturated carbocycles. The van der Waals surface area contributed by atoms with Gasteiger partial charge in [0.25, 0.3) is 5.91 Å². The highest BCUT2D eigenvalue weighted by Crippen LogP contribution is 2.21. The molecular formula is C21H19N5O3. The van der Waals surface area contributed by atoms with E-state index in [0.29, 0.717) is 35.3 Å². The number of rotatable bonds is 6. The molecule has 146 valence electrons. The van der Waals surface area contributed by atoms with Crippen LogP contribution in [0.15, 0.2) is 59.1 Å². The number of amides is 1. The first-order valence-electron chi connectivity index (χ1n) is 9.00. The van der Waals surface area contributed by atoms with Gasteiger partial charge in [0.15, 0.2) is 5.58 Å². The number of carbonyl (C=O) groups is 1. The van der Waals surface area contributed by atoms with Gasteiger partial charge in [-0.15, -0.1) is 0 Å². The smallest absolute Gasteiger partial charge is 0.302 e. The maximum atomic E-state index is 12.5. The molecule has 0 spiro atoms. The van der Waals surface area contributed by atoms with Crippen molar-refractivity contribution in [2.45, 2.75) is 13.5 Å². The second-order valence-electron chi connectivity index (χ2n) is 6.30. The summed E-state index contributed by atoms with van der Waals surface area (Å²) >= 11 is 0. The lowest BCUT2D eigenvalue weighted by Crippen LogP contribution is -2.24. The van der Waals surface area contributed by atoms with Gasteiger partial charge in [-0.3, -0.25) is 10.1 Å². The van der Waals surface area contributed by atoms with Crippen LogP contribution in [0.4, 0.5) is 12.0 Å². The van der Waals surface area contributed by atoms with E-state index in [1.54, 1.807) is 14.0 Å². The van der Waals surface area contributed by atoms with Gasteiger partial charge in [0.05, 0.1) is 18.4 Å². The molecule has 29 heavy (non-hydrogen) atoms. The Morgan fingerprint density at radius 2 is 1.90 bits per heavy atom. The third kappa shape index (κ3) is 4.01. The van der Waals surface area contributed by atoms with E-state index in [4.69, 9.17) is 9.15 Å². The van der Waals surface area contributed by atoms with Crippen LogP contribution in [0.25, 0.3) is 11.1 Å². The summed E-state index contributed by atoms with van der Waals surface area (Å²) in [6.45, 7) is 2.09. The Morgan fingerprint density at radius 1 is 1.10 bits per heavy atom. The van der Waals surface area contributed by atoms with E-state index >= 15 is 0 Å². The Bertz CT molecular complexity index is 1140. The van der Waals surface area contributed by atoms with E-state index in [-0.39, 0.29) is 5.91 Å². The van der Waals surface area contributed by atoms with Gasteiger partial charge in [0.2, 0.25) is 5.95 Å². The Labute approximate surface area is 167 Å². The van der Waals surface area contributed by atoms with Crippen LogP contribution < -0.4 is 15.4 Å². The van der Waals surface area contributed by atoms with Crippen molar-refractivity contribution in [2.24, 2.45) is 0 Å². The first-order valence-corrected chi connectivity index (χ1v) is 9.00. The highest BCUT2D eigenvalue weighted by atomic mass is 16.5. The molecule has 0 aliphatic rings. The van der Waals surface area contributed by atoms with Crippen molar-refractivity contribution in [1.29, 1.82) is 0 Å². The zero-order chi connectivity index (χ0) is 20.2. The lowest BCUT2D eigenvalue weighted by Gasteiger charge is -2.10. The molecule has 2 aromatic carbocycles. The monoisotopic (exact) mass is 389 g/mol. The summed E-state index contributed by atoms with van der Waals surface area (Å²) in [6.07, 6.45) is 1.48. The highest BCUT2D eigenvalue weighted by molar-refractivity contribution is 5.95. The lowest BCUT2D eigenvalue weighted by molar-refractivity contribution is 0.0949. The van der Waals surface area contributed by atoms with Crippen molar-refractivity contribution in [1.82, 2.24) is 20.3 Å². The Morgan fingerprint density at radius 3 is 2.69 bits per heavy atom. The molecule has 0 radical (unpaired) electrons. The standard InChI is InChI=1S/C21H19N5O3/c1-13-15(19(27)22-11-14-7-3-5-9-17(14)28-2)12-23-20(24-13)26-21-25-16-8-4-6-10-18(16)29-21/h3-10,12H,11H2,1-2H3,(H,22,27)(H,23,24,25,26). The maximum Gasteiger partial charge on any atom is 0.302 e. The van der Waals surface area contributed by atoms with Gasteiger partial charge in [-0.1, -0.05) is 30.3 Å². The molecule has 0 unspecified atom stereocenters.